The molecular formula is C23H31N3O2. The molecule has 0 unspecified atom stereocenters. The van der Waals surface area contributed by atoms with Crippen molar-refractivity contribution in [1.82, 2.24) is 0 Å². The van der Waals surface area contributed by atoms with Gasteiger partial charge in [-0.05, 0) is 61.2 Å². The zero-order chi connectivity index (χ0) is 19.9. The van der Waals surface area contributed by atoms with Crippen molar-refractivity contribution >= 4 is 23.0 Å². The van der Waals surface area contributed by atoms with Gasteiger partial charge in [-0.3, -0.25) is 4.79 Å². The minimum atomic E-state index is -0.326. The number of anilines is 3. The largest absolute Gasteiger partial charge is 0.378 e. The Balaban J connectivity index is 1.53. The lowest BCUT2D eigenvalue weighted by atomic mass is 9.98. The van der Waals surface area contributed by atoms with Crippen LogP contribution in [0, 0.1) is 0 Å². The standard InChI is InChI=1S/C23H31N3O2/c1-4-17(2)19-5-7-20(8-6-19)24-18(3)23(27)25-21-9-11-22(12-10-21)26-13-15-28-16-14-26/h5-12,17-18,24H,4,13-16H2,1-3H3,(H,25,27)/t17-,18-/m0/s1. The molecule has 5 nitrogen and oxygen atoms in total. The van der Waals surface area contributed by atoms with Crippen LogP contribution in [0.2, 0.25) is 0 Å². The summed E-state index contributed by atoms with van der Waals surface area (Å²) in [4.78, 5) is 14.8. The first-order valence-electron chi connectivity index (χ1n) is 10.2. The highest BCUT2D eigenvalue weighted by Crippen LogP contribution is 2.22. The molecule has 1 saturated heterocycles. The SMILES string of the molecule is CC[C@H](C)c1ccc(N[C@@H](C)C(=O)Nc2ccc(N3CCOCC3)cc2)cc1. The second-order valence-corrected chi connectivity index (χ2v) is 7.43. The van der Waals surface area contributed by atoms with E-state index < -0.39 is 0 Å². The summed E-state index contributed by atoms with van der Waals surface area (Å²) in [6.45, 7) is 9.63. The van der Waals surface area contributed by atoms with Crippen LogP contribution in [0.5, 0.6) is 0 Å². The Hall–Kier alpha value is -2.53. The fourth-order valence-electron chi connectivity index (χ4n) is 3.29. The molecule has 0 aromatic heterocycles. The highest BCUT2D eigenvalue weighted by molar-refractivity contribution is 5.96. The van der Waals surface area contributed by atoms with Crippen molar-refractivity contribution in [2.24, 2.45) is 0 Å². The van der Waals surface area contributed by atoms with Crippen LogP contribution in [-0.2, 0) is 9.53 Å². The van der Waals surface area contributed by atoms with Gasteiger partial charge in [-0.1, -0.05) is 26.0 Å². The van der Waals surface area contributed by atoms with Gasteiger partial charge >= 0.3 is 0 Å². The summed E-state index contributed by atoms with van der Waals surface area (Å²) >= 11 is 0. The van der Waals surface area contributed by atoms with Crippen LogP contribution in [0.4, 0.5) is 17.1 Å². The lowest BCUT2D eigenvalue weighted by Gasteiger charge is -2.29. The van der Waals surface area contributed by atoms with Crippen molar-refractivity contribution in [3.63, 3.8) is 0 Å². The number of nitrogens with zero attached hydrogens (tertiary/aromatic N) is 1. The first-order chi connectivity index (χ1) is 13.6. The van der Waals surface area contributed by atoms with E-state index in [1.165, 1.54) is 5.56 Å². The molecule has 1 heterocycles. The number of benzene rings is 2. The lowest BCUT2D eigenvalue weighted by Crippen LogP contribution is -2.36. The normalized spacial score (nSPS) is 16.3. The van der Waals surface area contributed by atoms with Gasteiger partial charge in [0.1, 0.15) is 6.04 Å². The number of nitrogens with one attached hydrogen (secondary N) is 2. The van der Waals surface area contributed by atoms with Gasteiger partial charge in [-0.25, -0.2) is 0 Å². The summed E-state index contributed by atoms with van der Waals surface area (Å²) in [5.41, 5.74) is 4.25. The molecule has 0 aliphatic carbocycles. The Kier molecular flexibility index (Phi) is 6.93. The van der Waals surface area contributed by atoms with E-state index in [4.69, 9.17) is 4.74 Å². The Bertz CT molecular complexity index is 752. The molecule has 2 aromatic rings. The number of carbonyl (C=O) groups excluding carboxylic acids is 1. The second kappa shape index (κ2) is 9.60. The van der Waals surface area contributed by atoms with E-state index in [9.17, 15) is 4.79 Å². The van der Waals surface area contributed by atoms with E-state index in [2.05, 4.69) is 41.5 Å². The average molecular weight is 382 g/mol. The van der Waals surface area contributed by atoms with Crippen molar-refractivity contribution in [2.45, 2.75) is 39.2 Å². The van der Waals surface area contributed by atoms with Gasteiger partial charge in [0.25, 0.3) is 0 Å². The highest BCUT2D eigenvalue weighted by atomic mass is 16.5. The molecular weight excluding hydrogens is 350 g/mol. The minimum absolute atomic E-state index is 0.0508. The van der Waals surface area contributed by atoms with E-state index in [0.717, 1.165) is 49.8 Å². The van der Waals surface area contributed by atoms with Crippen molar-refractivity contribution in [2.75, 3.05) is 41.8 Å². The summed E-state index contributed by atoms with van der Waals surface area (Å²) in [5.74, 6) is 0.500. The van der Waals surface area contributed by atoms with Crippen LogP contribution in [0.15, 0.2) is 48.5 Å². The van der Waals surface area contributed by atoms with E-state index in [1.807, 2.05) is 43.3 Å². The van der Waals surface area contributed by atoms with E-state index in [-0.39, 0.29) is 11.9 Å². The fraction of sp³-hybridized carbons (Fsp3) is 0.435. The van der Waals surface area contributed by atoms with E-state index in [0.29, 0.717) is 5.92 Å². The molecule has 0 radical (unpaired) electrons. The van der Waals surface area contributed by atoms with Gasteiger partial charge in [0.2, 0.25) is 5.91 Å². The zero-order valence-corrected chi connectivity index (χ0v) is 17.1. The number of rotatable bonds is 7. The quantitative estimate of drug-likeness (QED) is 0.743. The van der Waals surface area contributed by atoms with Gasteiger partial charge in [-0.15, -0.1) is 0 Å². The third-order valence-corrected chi connectivity index (χ3v) is 5.38. The maximum atomic E-state index is 12.5. The molecule has 0 spiro atoms. The Morgan fingerprint density at radius 2 is 1.61 bits per heavy atom. The number of hydrogen-bond acceptors (Lipinski definition) is 4. The predicted molar refractivity (Wildman–Crippen MR) is 116 cm³/mol. The Morgan fingerprint density at radius 3 is 2.21 bits per heavy atom. The molecule has 5 heteroatoms. The lowest BCUT2D eigenvalue weighted by molar-refractivity contribution is -0.116. The highest BCUT2D eigenvalue weighted by Gasteiger charge is 2.14. The molecule has 0 saturated carbocycles. The van der Waals surface area contributed by atoms with Gasteiger partial charge in [0, 0.05) is 30.2 Å². The zero-order valence-electron chi connectivity index (χ0n) is 17.1. The molecule has 2 atom stereocenters. The van der Waals surface area contributed by atoms with Gasteiger partial charge in [0.15, 0.2) is 0 Å². The molecule has 1 amide bonds. The molecule has 0 bridgehead atoms. The molecule has 2 N–H and O–H groups in total. The molecule has 1 fully saturated rings. The molecule has 1 aliphatic heterocycles. The maximum absolute atomic E-state index is 12.5. The van der Waals surface area contributed by atoms with Gasteiger partial charge in [-0.2, -0.15) is 0 Å². The smallest absolute Gasteiger partial charge is 0.246 e. The number of amides is 1. The Morgan fingerprint density at radius 1 is 1.00 bits per heavy atom. The number of ether oxygens (including phenoxy) is 1. The molecule has 1 aliphatic rings. The molecule has 150 valence electrons. The van der Waals surface area contributed by atoms with Crippen LogP contribution >= 0.6 is 0 Å². The summed E-state index contributed by atoms with van der Waals surface area (Å²) in [6, 6.07) is 16.0. The second-order valence-electron chi connectivity index (χ2n) is 7.43. The predicted octanol–water partition coefficient (Wildman–Crippen LogP) is 4.48. The maximum Gasteiger partial charge on any atom is 0.246 e. The number of hydrogen-bond donors (Lipinski definition) is 2. The van der Waals surface area contributed by atoms with Crippen LogP contribution in [0.3, 0.4) is 0 Å². The third kappa shape index (κ3) is 5.26. The molecule has 2 aromatic carbocycles. The average Bonchev–Trinajstić information content (AvgIpc) is 2.75. The third-order valence-electron chi connectivity index (χ3n) is 5.38. The Labute approximate surface area is 168 Å². The topological polar surface area (TPSA) is 53.6 Å². The summed E-state index contributed by atoms with van der Waals surface area (Å²) in [5, 5.41) is 6.26. The van der Waals surface area contributed by atoms with Crippen molar-refractivity contribution < 1.29 is 9.53 Å². The van der Waals surface area contributed by atoms with Crippen molar-refractivity contribution in [3.8, 4) is 0 Å². The minimum Gasteiger partial charge on any atom is -0.378 e. The summed E-state index contributed by atoms with van der Waals surface area (Å²) < 4.78 is 5.39. The van der Waals surface area contributed by atoms with E-state index >= 15 is 0 Å². The van der Waals surface area contributed by atoms with Crippen LogP contribution < -0.4 is 15.5 Å². The summed E-state index contributed by atoms with van der Waals surface area (Å²) in [6.07, 6.45) is 1.12. The van der Waals surface area contributed by atoms with Gasteiger partial charge in [0.05, 0.1) is 13.2 Å². The first-order valence-corrected chi connectivity index (χ1v) is 10.2. The van der Waals surface area contributed by atoms with Crippen LogP contribution in [-0.4, -0.2) is 38.3 Å². The van der Waals surface area contributed by atoms with E-state index in [1.54, 1.807) is 0 Å². The number of morpholine rings is 1. The molecule has 28 heavy (non-hydrogen) atoms. The fourth-order valence-corrected chi connectivity index (χ4v) is 3.29. The van der Waals surface area contributed by atoms with Crippen LogP contribution in [0.25, 0.3) is 0 Å². The number of carbonyl (C=O) groups is 1. The van der Waals surface area contributed by atoms with Crippen LogP contribution in [0.1, 0.15) is 38.7 Å². The molecule has 3 rings (SSSR count). The first kappa shape index (κ1) is 20.2. The van der Waals surface area contributed by atoms with Crippen molar-refractivity contribution in [3.05, 3.63) is 54.1 Å². The monoisotopic (exact) mass is 381 g/mol. The van der Waals surface area contributed by atoms with Gasteiger partial charge < -0.3 is 20.3 Å². The van der Waals surface area contributed by atoms with Crippen molar-refractivity contribution in [1.29, 1.82) is 0 Å². The summed E-state index contributed by atoms with van der Waals surface area (Å²) in [7, 11) is 0.